The Bertz CT molecular complexity index is 922. The Hall–Kier alpha value is -2.41. The van der Waals surface area contributed by atoms with E-state index in [1.807, 2.05) is 6.07 Å². The number of imide groups is 1. The maximum Gasteiger partial charge on any atom is 0.255 e. The fraction of sp³-hybridized carbons (Fsp3) is 0.609. The normalized spacial score (nSPS) is 29.4. The van der Waals surface area contributed by atoms with E-state index in [1.165, 1.54) is 18.5 Å². The lowest BCUT2D eigenvalue weighted by atomic mass is 9.86. The predicted octanol–water partition coefficient (Wildman–Crippen LogP) is 1.90. The molecule has 5 aliphatic rings. The highest BCUT2D eigenvalue weighted by atomic mass is 16.2. The van der Waals surface area contributed by atoms with E-state index in [0.29, 0.717) is 30.6 Å². The molecule has 5 heterocycles. The molecule has 3 atom stereocenters. The first-order chi connectivity index (χ1) is 14.2. The summed E-state index contributed by atoms with van der Waals surface area (Å²) in [5, 5.41) is 2.37. The number of fused-ring (bicyclic) bond motifs is 4. The van der Waals surface area contributed by atoms with Crippen molar-refractivity contribution in [3.05, 3.63) is 29.3 Å². The molecule has 0 saturated carbocycles. The summed E-state index contributed by atoms with van der Waals surface area (Å²) < 4.78 is 0. The summed E-state index contributed by atoms with van der Waals surface area (Å²) in [7, 11) is 0. The summed E-state index contributed by atoms with van der Waals surface area (Å²) in [5.41, 5.74) is 3.02. The molecule has 1 aromatic rings. The molecule has 160 valence electrons. The van der Waals surface area contributed by atoms with Crippen LogP contribution in [0.5, 0.6) is 0 Å². The summed E-state index contributed by atoms with van der Waals surface area (Å²) in [4.78, 5) is 43.4. The number of anilines is 1. The third-order valence-electron chi connectivity index (χ3n) is 7.23. The highest BCUT2D eigenvalue weighted by molar-refractivity contribution is 6.05. The van der Waals surface area contributed by atoms with Gasteiger partial charge in [0.2, 0.25) is 11.8 Å². The maximum absolute atomic E-state index is 12.9. The summed E-state index contributed by atoms with van der Waals surface area (Å²) in [6, 6.07) is 6.62. The van der Waals surface area contributed by atoms with Gasteiger partial charge in [0.25, 0.3) is 5.91 Å². The van der Waals surface area contributed by atoms with E-state index in [-0.39, 0.29) is 29.7 Å². The van der Waals surface area contributed by atoms with Gasteiger partial charge in [0.15, 0.2) is 0 Å². The zero-order valence-electron chi connectivity index (χ0n) is 18.0. The molecular weight excluding hydrogens is 380 g/mol. The zero-order chi connectivity index (χ0) is 21.2. The van der Waals surface area contributed by atoms with Crippen LogP contribution in [-0.2, 0) is 16.1 Å². The van der Waals surface area contributed by atoms with Crippen LogP contribution in [0.25, 0.3) is 0 Å². The number of nitrogens with one attached hydrogen (secondary N) is 1. The fourth-order valence-corrected chi connectivity index (χ4v) is 5.71. The Balaban J connectivity index is 1.36. The molecule has 0 aromatic heterocycles. The van der Waals surface area contributed by atoms with Gasteiger partial charge in [-0.05, 0) is 63.8 Å². The van der Waals surface area contributed by atoms with Crippen LogP contribution >= 0.6 is 0 Å². The van der Waals surface area contributed by atoms with Crippen LogP contribution in [0.3, 0.4) is 0 Å². The summed E-state index contributed by atoms with van der Waals surface area (Å²) in [6.45, 7) is 9.41. The number of amides is 3. The lowest BCUT2D eigenvalue weighted by molar-refractivity contribution is -0.136. The molecule has 0 radical (unpaired) electrons. The van der Waals surface area contributed by atoms with Crippen molar-refractivity contribution >= 4 is 23.4 Å². The smallest absolute Gasteiger partial charge is 0.255 e. The second-order valence-corrected chi connectivity index (χ2v) is 10.1. The molecule has 7 nitrogen and oxygen atoms in total. The monoisotopic (exact) mass is 410 g/mol. The largest absolute Gasteiger partial charge is 0.366 e. The summed E-state index contributed by atoms with van der Waals surface area (Å²) in [5.74, 6) is -0.722. The van der Waals surface area contributed by atoms with E-state index in [0.717, 1.165) is 18.7 Å². The van der Waals surface area contributed by atoms with E-state index in [2.05, 4.69) is 48.0 Å². The Morgan fingerprint density at radius 3 is 2.40 bits per heavy atom. The van der Waals surface area contributed by atoms with Crippen molar-refractivity contribution in [1.29, 1.82) is 0 Å². The number of carbonyl (C=O) groups is 3. The van der Waals surface area contributed by atoms with Crippen LogP contribution < -0.4 is 10.2 Å². The van der Waals surface area contributed by atoms with E-state index in [9.17, 15) is 14.4 Å². The average molecular weight is 411 g/mol. The first-order valence-electron chi connectivity index (χ1n) is 11.0. The van der Waals surface area contributed by atoms with Gasteiger partial charge in [-0.15, -0.1) is 0 Å². The van der Waals surface area contributed by atoms with Crippen molar-refractivity contribution in [2.75, 3.05) is 18.0 Å². The lowest BCUT2D eigenvalue weighted by Crippen LogP contribution is -2.66. The average Bonchev–Trinajstić information content (AvgIpc) is 3.03. The molecule has 1 aromatic carbocycles. The molecule has 7 heteroatoms. The van der Waals surface area contributed by atoms with Gasteiger partial charge in [-0.1, -0.05) is 0 Å². The van der Waals surface area contributed by atoms with Crippen molar-refractivity contribution in [2.24, 2.45) is 0 Å². The Morgan fingerprint density at radius 2 is 1.73 bits per heavy atom. The second-order valence-electron chi connectivity index (χ2n) is 10.1. The van der Waals surface area contributed by atoms with Gasteiger partial charge in [0.05, 0.1) is 0 Å². The molecule has 2 unspecified atom stereocenters. The molecule has 5 aliphatic heterocycles. The van der Waals surface area contributed by atoms with Gasteiger partial charge >= 0.3 is 0 Å². The number of hydrogen-bond acceptors (Lipinski definition) is 5. The number of rotatable bonds is 2. The number of carbonyl (C=O) groups excluding carboxylic acids is 3. The minimum Gasteiger partial charge on any atom is -0.366 e. The first kappa shape index (κ1) is 19.5. The van der Waals surface area contributed by atoms with Gasteiger partial charge in [-0.3, -0.25) is 24.6 Å². The molecule has 3 amide bonds. The number of nitrogens with zero attached hydrogens (tertiary/aromatic N) is 3. The maximum atomic E-state index is 12.9. The predicted molar refractivity (Wildman–Crippen MR) is 113 cm³/mol. The van der Waals surface area contributed by atoms with Crippen LogP contribution in [-0.4, -0.2) is 64.3 Å². The van der Waals surface area contributed by atoms with Crippen molar-refractivity contribution in [1.82, 2.24) is 15.1 Å². The van der Waals surface area contributed by atoms with Crippen molar-refractivity contribution in [2.45, 2.75) is 76.7 Å². The van der Waals surface area contributed by atoms with Crippen LogP contribution in [0.4, 0.5) is 5.69 Å². The molecule has 4 saturated heterocycles. The fourth-order valence-electron chi connectivity index (χ4n) is 5.71. The SMILES string of the molecule is CC(C)(C)N1CC2CCC1CN2c1ccc2c(c1)CN([C@H]1CCC(=O)NC1=O)C2=O. The minimum atomic E-state index is -0.558. The van der Waals surface area contributed by atoms with Gasteiger partial charge in [0, 0.05) is 54.9 Å². The molecule has 0 spiro atoms. The second kappa shape index (κ2) is 6.80. The lowest BCUT2D eigenvalue weighted by Gasteiger charge is -2.56. The quantitative estimate of drug-likeness (QED) is 0.754. The van der Waals surface area contributed by atoms with Gasteiger partial charge < -0.3 is 9.80 Å². The number of piperazine rings is 1. The van der Waals surface area contributed by atoms with Crippen LogP contribution in [0.15, 0.2) is 18.2 Å². The summed E-state index contributed by atoms with van der Waals surface area (Å²) >= 11 is 0. The third kappa shape index (κ3) is 3.11. The van der Waals surface area contributed by atoms with E-state index in [1.54, 1.807) is 4.90 Å². The Labute approximate surface area is 177 Å². The Kier molecular flexibility index (Phi) is 4.43. The molecule has 0 aliphatic carbocycles. The van der Waals surface area contributed by atoms with Crippen LogP contribution in [0.1, 0.15) is 62.4 Å². The van der Waals surface area contributed by atoms with E-state index >= 15 is 0 Å². The van der Waals surface area contributed by atoms with Crippen LogP contribution in [0.2, 0.25) is 0 Å². The zero-order valence-corrected chi connectivity index (χ0v) is 18.0. The van der Waals surface area contributed by atoms with Gasteiger partial charge in [0.1, 0.15) is 6.04 Å². The van der Waals surface area contributed by atoms with Gasteiger partial charge in [-0.2, -0.15) is 0 Å². The van der Waals surface area contributed by atoms with Gasteiger partial charge in [-0.25, -0.2) is 0 Å². The van der Waals surface area contributed by atoms with E-state index < -0.39 is 6.04 Å². The molecule has 4 fully saturated rings. The molecule has 6 rings (SSSR count). The number of benzene rings is 1. The Morgan fingerprint density at radius 1 is 0.967 bits per heavy atom. The highest BCUT2D eigenvalue weighted by Gasteiger charge is 2.44. The molecule has 1 N–H and O–H groups in total. The number of piperidine rings is 3. The standard InChI is InChI=1S/C23H30N4O3/c1-23(2,3)27-13-16-4-5-17(27)12-25(16)15-6-7-18-14(10-15)11-26(22(18)30)19-8-9-20(28)24-21(19)29/h6-7,10,16-17,19H,4-5,8-9,11-13H2,1-3H3,(H,24,28,29)/t16?,17?,19-/m0/s1. The number of hydrogen-bond donors (Lipinski definition) is 1. The topological polar surface area (TPSA) is 73.0 Å². The first-order valence-corrected chi connectivity index (χ1v) is 11.0. The van der Waals surface area contributed by atoms with E-state index in [4.69, 9.17) is 0 Å². The molecule has 30 heavy (non-hydrogen) atoms. The minimum absolute atomic E-state index is 0.106. The van der Waals surface area contributed by atoms with Crippen molar-refractivity contribution < 1.29 is 14.4 Å². The van der Waals surface area contributed by atoms with Crippen molar-refractivity contribution in [3.8, 4) is 0 Å². The third-order valence-corrected chi connectivity index (χ3v) is 7.23. The summed E-state index contributed by atoms with van der Waals surface area (Å²) in [6.07, 6.45) is 3.12. The molecular formula is C23H30N4O3. The van der Waals surface area contributed by atoms with Crippen molar-refractivity contribution in [3.63, 3.8) is 0 Å². The molecule has 2 bridgehead atoms. The highest BCUT2D eigenvalue weighted by Crippen LogP contribution is 2.38. The van der Waals surface area contributed by atoms with Crippen LogP contribution in [0, 0.1) is 0 Å².